The standard InChI is InChI=1S/C49H33N5/c50-42-25-24-41-46(47(42)51)40-23-22-37(28-45(40)52-48(41)34-10-2-1-3-11-34)32-14-18-33(19-15-32)43-29-44(38-20-16-30-8-4-6-12-35(30)26-38)54-49(53-43)39-21-17-31-9-5-7-13-36(31)27-39/h1-29,49-51,54H. The molecule has 8 aromatic rings. The average molecular weight is 692 g/mol. The Kier molecular flexibility index (Phi) is 7.44. The van der Waals surface area contributed by atoms with Crippen LogP contribution in [0.4, 0.5) is 0 Å². The number of hydrogen-bond acceptors (Lipinski definition) is 5. The fourth-order valence-corrected chi connectivity index (χ4v) is 7.68. The summed E-state index contributed by atoms with van der Waals surface area (Å²) in [5.74, 6) is 0. The number of nitrogens with zero attached hydrogens (tertiary/aromatic N) is 2. The minimum absolute atomic E-state index is 0.204. The fourth-order valence-electron chi connectivity index (χ4n) is 7.68. The van der Waals surface area contributed by atoms with Gasteiger partial charge in [-0.25, -0.2) is 4.98 Å². The van der Waals surface area contributed by atoms with Gasteiger partial charge in [0.2, 0.25) is 0 Å². The van der Waals surface area contributed by atoms with Gasteiger partial charge < -0.3 is 5.32 Å². The van der Waals surface area contributed by atoms with Crippen LogP contribution in [0.3, 0.4) is 0 Å². The van der Waals surface area contributed by atoms with Crippen molar-refractivity contribution in [3.05, 3.63) is 198 Å². The number of allylic oxidation sites excluding steroid dienone is 2. The number of pyridine rings is 1. The van der Waals surface area contributed by atoms with Crippen LogP contribution in [0.1, 0.15) is 34.0 Å². The summed E-state index contributed by atoms with van der Waals surface area (Å²) in [6.45, 7) is 0. The summed E-state index contributed by atoms with van der Waals surface area (Å²) in [6.07, 6.45) is 5.51. The van der Waals surface area contributed by atoms with Crippen LogP contribution in [0.15, 0.2) is 175 Å². The predicted molar refractivity (Wildman–Crippen MR) is 224 cm³/mol. The molecule has 1 unspecified atom stereocenters. The predicted octanol–water partition coefficient (Wildman–Crippen LogP) is 11.4. The van der Waals surface area contributed by atoms with Gasteiger partial charge in [0.1, 0.15) is 6.17 Å². The van der Waals surface area contributed by atoms with Crippen LogP contribution in [0.25, 0.3) is 66.6 Å². The van der Waals surface area contributed by atoms with E-state index in [1.54, 1.807) is 6.08 Å². The Morgan fingerprint density at radius 1 is 0.519 bits per heavy atom. The van der Waals surface area contributed by atoms with Crippen molar-refractivity contribution in [3.8, 4) is 22.4 Å². The second-order valence-electron chi connectivity index (χ2n) is 13.8. The van der Waals surface area contributed by atoms with Crippen molar-refractivity contribution in [3.63, 3.8) is 0 Å². The van der Waals surface area contributed by atoms with Crippen molar-refractivity contribution in [2.45, 2.75) is 6.17 Å². The van der Waals surface area contributed by atoms with E-state index in [0.717, 1.165) is 72.5 Å². The van der Waals surface area contributed by atoms with E-state index < -0.39 is 0 Å². The Morgan fingerprint density at radius 2 is 1.17 bits per heavy atom. The summed E-state index contributed by atoms with van der Waals surface area (Å²) in [7, 11) is 0. The number of hydrogen-bond donors (Lipinski definition) is 3. The molecule has 254 valence electrons. The maximum absolute atomic E-state index is 8.84. The van der Waals surface area contributed by atoms with Gasteiger partial charge in [-0.3, -0.25) is 15.8 Å². The largest absolute Gasteiger partial charge is 0.360 e. The Bertz CT molecular complexity index is 2940. The molecule has 1 atom stereocenters. The Hall–Kier alpha value is -7.24. The Morgan fingerprint density at radius 3 is 1.94 bits per heavy atom. The molecule has 3 N–H and O–H groups in total. The zero-order chi connectivity index (χ0) is 36.2. The highest BCUT2D eigenvalue weighted by molar-refractivity contribution is 6.54. The molecule has 10 rings (SSSR count). The van der Waals surface area contributed by atoms with E-state index in [1.807, 2.05) is 42.5 Å². The van der Waals surface area contributed by atoms with Gasteiger partial charge in [0, 0.05) is 27.8 Å². The molecule has 1 aliphatic carbocycles. The molecule has 0 amide bonds. The van der Waals surface area contributed by atoms with Crippen molar-refractivity contribution in [2.75, 3.05) is 0 Å². The van der Waals surface area contributed by atoms with E-state index in [1.165, 1.54) is 21.5 Å². The van der Waals surface area contributed by atoms with E-state index in [2.05, 4.69) is 133 Å². The lowest BCUT2D eigenvalue weighted by Gasteiger charge is -2.25. The van der Waals surface area contributed by atoms with Crippen molar-refractivity contribution in [1.29, 1.82) is 10.8 Å². The summed E-state index contributed by atoms with van der Waals surface area (Å²) < 4.78 is 0. The number of nitrogens with one attached hydrogen (secondary N) is 3. The summed E-state index contributed by atoms with van der Waals surface area (Å²) in [6, 6.07) is 55.0. The van der Waals surface area contributed by atoms with Gasteiger partial charge in [0.15, 0.2) is 0 Å². The molecule has 54 heavy (non-hydrogen) atoms. The first-order valence-electron chi connectivity index (χ1n) is 18.1. The SMILES string of the molecule is N=C1C=Cc2c(-c3ccccc3)nc3cc(-c4ccc(C5=NC(c6ccc7ccccc7c6)NC(c6ccc7ccccc7c6)=C5)cc4)ccc3c2C1=N. The molecule has 2 aliphatic rings. The van der Waals surface area contributed by atoms with Crippen LogP contribution >= 0.6 is 0 Å². The zero-order valence-corrected chi connectivity index (χ0v) is 29.2. The van der Waals surface area contributed by atoms with E-state index in [9.17, 15) is 0 Å². The first-order chi connectivity index (χ1) is 26.6. The molecule has 7 aromatic carbocycles. The molecular formula is C49H33N5. The average Bonchev–Trinajstić information content (AvgIpc) is 3.24. The van der Waals surface area contributed by atoms with Gasteiger partial charge in [0.05, 0.1) is 28.3 Å². The monoisotopic (exact) mass is 691 g/mol. The summed E-state index contributed by atoms with van der Waals surface area (Å²) in [5.41, 5.74) is 11.9. The fraction of sp³-hybridized carbons (Fsp3) is 0.0204. The van der Waals surface area contributed by atoms with Crippen LogP contribution in [0.2, 0.25) is 0 Å². The van der Waals surface area contributed by atoms with Gasteiger partial charge >= 0.3 is 0 Å². The van der Waals surface area contributed by atoms with Crippen molar-refractivity contribution < 1.29 is 0 Å². The van der Waals surface area contributed by atoms with E-state index in [0.29, 0.717) is 0 Å². The molecule has 0 saturated carbocycles. The highest BCUT2D eigenvalue weighted by Gasteiger charge is 2.24. The summed E-state index contributed by atoms with van der Waals surface area (Å²) in [4.78, 5) is 10.4. The molecule has 1 aliphatic heterocycles. The molecule has 0 bridgehead atoms. The first-order valence-corrected chi connectivity index (χ1v) is 18.1. The number of aliphatic imine (C=N–C) groups is 1. The molecule has 0 spiro atoms. The van der Waals surface area contributed by atoms with Gasteiger partial charge in [0.25, 0.3) is 0 Å². The lowest BCUT2D eigenvalue weighted by atomic mass is 9.87. The lowest BCUT2D eigenvalue weighted by molar-refractivity contribution is 0.665. The second kappa shape index (κ2) is 12.8. The van der Waals surface area contributed by atoms with Crippen LogP contribution in [-0.4, -0.2) is 22.1 Å². The van der Waals surface area contributed by atoms with Crippen molar-refractivity contribution >= 4 is 61.4 Å². The number of aromatic nitrogens is 1. The van der Waals surface area contributed by atoms with E-state index in [4.69, 9.17) is 20.8 Å². The molecule has 0 radical (unpaired) electrons. The third kappa shape index (κ3) is 5.51. The van der Waals surface area contributed by atoms with Crippen LogP contribution in [-0.2, 0) is 0 Å². The summed E-state index contributed by atoms with van der Waals surface area (Å²) in [5, 5.41) is 26.7. The molecule has 0 saturated heterocycles. The van der Waals surface area contributed by atoms with Gasteiger partial charge in [-0.1, -0.05) is 140 Å². The van der Waals surface area contributed by atoms with E-state index in [-0.39, 0.29) is 17.6 Å². The quantitative estimate of drug-likeness (QED) is 0.168. The minimum atomic E-state index is -0.262. The third-order valence-corrected chi connectivity index (χ3v) is 10.5. The zero-order valence-electron chi connectivity index (χ0n) is 29.2. The molecule has 5 heteroatoms. The topological polar surface area (TPSA) is 85.0 Å². The highest BCUT2D eigenvalue weighted by atomic mass is 15.1. The number of fused-ring (bicyclic) bond motifs is 5. The molecular weight excluding hydrogens is 659 g/mol. The number of benzene rings is 7. The highest BCUT2D eigenvalue weighted by Crippen LogP contribution is 2.36. The Balaban J connectivity index is 1.05. The van der Waals surface area contributed by atoms with Gasteiger partial charge in [-0.05, 0) is 85.8 Å². The van der Waals surface area contributed by atoms with Crippen LogP contribution < -0.4 is 5.32 Å². The molecule has 1 aromatic heterocycles. The third-order valence-electron chi connectivity index (χ3n) is 10.5. The smallest absolute Gasteiger partial charge is 0.145 e. The molecule has 5 nitrogen and oxygen atoms in total. The van der Waals surface area contributed by atoms with E-state index >= 15 is 0 Å². The van der Waals surface area contributed by atoms with Crippen molar-refractivity contribution in [1.82, 2.24) is 10.3 Å². The second-order valence-corrected chi connectivity index (χ2v) is 13.8. The van der Waals surface area contributed by atoms with Crippen LogP contribution in [0.5, 0.6) is 0 Å². The normalized spacial score (nSPS) is 15.2. The lowest BCUT2D eigenvalue weighted by Crippen LogP contribution is -2.24. The maximum atomic E-state index is 8.84. The molecule has 0 fully saturated rings. The summed E-state index contributed by atoms with van der Waals surface area (Å²) >= 11 is 0. The van der Waals surface area contributed by atoms with Gasteiger partial charge in [-0.15, -0.1) is 0 Å². The minimum Gasteiger partial charge on any atom is -0.360 e. The number of rotatable bonds is 5. The van der Waals surface area contributed by atoms with Crippen molar-refractivity contribution in [2.24, 2.45) is 4.99 Å². The Labute approximate surface area is 312 Å². The maximum Gasteiger partial charge on any atom is 0.145 e. The van der Waals surface area contributed by atoms with Gasteiger partial charge in [-0.2, -0.15) is 0 Å². The molecule has 2 heterocycles. The first kappa shape index (κ1) is 31.5. The van der Waals surface area contributed by atoms with Crippen LogP contribution in [0, 0.1) is 10.8 Å².